The monoisotopic (exact) mass is 194 g/mol. The van der Waals surface area contributed by atoms with Crippen molar-refractivity contribution in [2.75, 3.05) is 6.54 Å². The van der Waals surface area contributed by atoms with Crippen LogP contribution in [0.25, 0.3) is 5.65 Å². The second-order valence-corrected chi connectivity index (χ2v) is 3.08. The third kappa shape index (κ3) is 1.58. The lowest BCUT2D eigenvalue weighted by Gasteiger charge is -1.97. The predicted molar refractivity (Wildman–Crippen MR) is 50.3 cm³/mol. The van der Waals surface area contributed by atoms with E-state index in [9.17, 15) is 4.39 Å². The molecule has 0 saturated heterocycles. The lowest BCUT2D eigenvalue weighted by molar-refractivity contribution is 0.626. The van der Waals surface area contributed by atoms with Gasteiger partial charge in [0.15, 0.2) is 5.65 Å². The Morgan fingerprint density at radius 2 is 2.29 bits per heavy atom. The van der Waals surface area contributed by atoms with Crippen LogP contribution in [-0.4, -0.2) is 21.1 Å². The molecule has 0 fully saturated rings. The van der Waals surface area contributed by atoms with Gasteiger partial charge >= 0.3 is 0 Å². The van der Waals surface area contributed by atoms with Gasteiger partial charge in [-0.1, -0.05) is 0 Å². The maximum absolute atomic E-state index is 12.8. The highest BCUT2D eigenvalue weighted by atomic mass is 19.1. The number of pyridine rings is 1. The fourth-order valence-corrected chi connectivity index (χ4v) is 1.35. The largest absolute Gasteiger partial charge is 0.330 e. The molecule has 2 rings (SSSR count). The van der Waals surface area contributed by atoms with Gasteiger partial charge in [-0.05, 0) is 19.0 Å². The standard InChI is InChI=1S/C9H11FN4/c10-7-3-5-14-8(2-1-4-11)12-13-9(14)6-7/h3,5-6H,1-2,4,11H2. The summed E-state index contributed by atoms with van der Waals surface area (Å²) in [5, 5.41) is 7.83. The van der Waals surface area contributed by atoms with Crippen LogP contribution < -0.4 is 5.73 Å². The molecule has 0 aliphatic carbocycles. The highest BCUT2D eigenvalue weighted by molar-refractivity contribution is 5.37. The van der Waals surface area contributed by atoms with Crippen LogP contribution in [-0.2, 0) is 6.42 Å². The average molecular weight is 194 g/mol. The number of hydrogen-bond acceptors (Lipinski definition) is 3. The molecule has 2 N–H and O–H groups in total. The minimum atomic E-state index is -0.296. The van der Waals surface area contributed by atoms with E-state index in [1.165, 1.54) is 12.1 Å². The van der Waals surface area contributed by atoms with Crippen LogP contribution in [0.2, 0.25) is 0 Å². The summed E-state index contributed by atoms with van der Waals surface area (Å²) in [6.45, 7) is 0.621. The van der Waals surface area contributed by atoms with Gasteiger partial charge in [-0.3, -0.25) is 4.40 Å². The van der Waals surface area contributed by atoms with Gasteiger partial charge < -0.3 is 5.73 Å². The molecule has 0 radical (unpaired) electrons. The van der Waals surface area contributed by atoms with Crippen molar-refractivity contribution in [2.24, 2.45) is 5.73 Å². The lowest BCUT2D eigenvalue weighted by Crippen LogP contribution is -2.03. The first-order valence-corrected chi connectivity index (χ1v) is 4.50. The third-order valence-corrected chi connectivity index (χ3v) is 2.05. The molecule has 5 heteroatoms. The summed E-state index contributed by atoms with van der Waals surface area (Å²) in [6, 6.07) is 2.75. The molecule has 4 nitrogen and oxygen atoms in total. The summed E-state index contributed by atoms with van der Waals surface area (Å²) in [4.78, 5) is 0. The van der Waals surface area contributed by atoms with Gasteiger partial charge in [-0.25, -0.2) is 4.39 Å². The molecule has 0 spiro atoms. The zero-order valence-electron chi connectivity index (χ0n) is 7.65. The summed E-state index contributed by atoms with van der Waals surface area (Å²) >= 11 is 0. The molecule has 0 aliphatic rings. The lowest BCUT2D eigenvalue weighted by atomic mass is 10.3. The SMILES string of the molecule is NCCCc1nnc2cc(F)ccn12. The molecule has 14 heavy (non-hydrogen) atoms. The van der Waals surface area contributed by atoms with Gasteiger partial charge in [0.25, 0.3) is 0 Å². The highest BCUT2D eigenvalue weighted by Gasteiger charge is 2.04. The molecule has 2 heterocycles. The van der Waals surface area contributed by atoms with Crippen molar-refractivity contribution in [3.63, 3.8) is 0 Å². The molecule has 0 saturated carbocycles. The Morgan fingerprint density at radius 3 is 3.07 bits per heavy atom. The summed E-state index contributed by atoms with van der Waals surface area (Å²) in [7, 11) is 0. The van der Waals surface area contributed by atoms with Crippen molar-refractivity contribution in [1.82, 2.24) is 14.6 Å². The Kier molecular flexibility index (Phi) is 2.41. The van der Waals surface area contributed by atoms with Gasteiger partial charge in [0.1, 0.15) is 11.6 Å². The maximum atomic E-state index is 12.8. The average Bonchev–Trinajstić information content (AvgIpc) is 2.57. The van der Waals surface area contributed by atoms with E-state index in [4.69, 9.17) is 5.73 Å². The van der Waals surface area contributed by atoms with Gasteiger partial charge in [0.05, 0.1) is 0 Å². The fourth-order valence-electron chi connectivity index (χ4n) is 1.35. The normalized spacial score (nSPS) is 11.0. The van der Waals surface area contributed by atoms with Crippen molar-refractivity contribution in [2.45, 2.75) is 12.8 Å². The van der Waals surface area contributed by atoms with E-state index in [0.717, 1.165) is 18.7 Å². The van der Waals surface area contributed by atoms with Crippen molar-refractivity contribution in [1.29, 1.82) is 0 Å². The zero-order valence-corrected chi connectivity index (χ0v) is 7.65. The number of aromatic nitrogens is 3. The summed E-state index contributed by atoms with van der Waals surface area (Å²) < 4.78 is 14.6. The van der Waals surface area contributed by atoms with Crippen LogP contribution >= 0.6 is 0 Å². The Hall–Kier alpha value is -1.49. The number of nitrogens with zero attached hydrogens (tertiary/aromatic N) is 3. The Balaban J connectivity index is 2.37. The zero-order chi connectivity index (χ0) is 9.97. The number of aryl methyl sites for hydroxylation is 1. The Bertz CT molecular complexity index is 437. The number of hydrogen-bond donors (Lipinski definition) is 1. The molecular weight excluding hydrogens is 183 g/mol. The molecule has 74 valence electrons. The Morgan fingerprint density at radius 1 is 1.43 bits per heavy atom. The molecule has 0 bridgehead atoms. The van der Waals surface area contributed by atoms with E-state index >= 15 is 0 Å². The number of halogens is 1. The van der Waals surface area contributed by atoms with Gasteiger partial charge in [-0.2, -0.15) is 0 Å². The number of nitrogens with two attached hydrogens (primary N) is 1. The Labute approximate surface area is 80.6 Å². The summed E-state index contributed by atoms with van der Waals surface area (Å²) in [5.41, 5.74) is 5.93. The molecule has 0 unspecified atom stereocenters. The van der Waals surface area contributed by atoms with Crippen molar-refractivity contribution in [3.8, 4) is 0 Å². The van der Waals surface area contributed by atoms with Gasteiger partial charge in [-0.15, -0.1) is 10.2 Å². The number of fused-ring (bicyclic) bond motifs is 1. The highest BCUT2D eigenvalue weighted by Crippen LogP contribution is 2.07. The molecule has 0 aliphatic heterocycles. The van der Waals surface area contributed by atoms with E-state index < -0.39 is 0 Å². The van der Waals surface area contributed by atoms with Crippen molar-refractivity contribution < 1.29 is 4.39 Å². The van der Waals surface area contributed by atoms with Crippen LogP contribution in [0.4, 0.5) is 4.39 Å². The van der Waals surface area contributed by atoms with Crippen LogP contribution in [0.1, 0.15) is 12.2 Å². The first-order chi connectivity index (χ1) is 6.81. The van der Waals surface area contributed by atoms with Gasteiger partial charge in [0, 0.05) is 18.7 Å². The van der Waals surface area contributed by atoms with Crippen LogP contribution in [0.5, 0.6) is 0 Å². The molecule has 0 amide bonds. The van der Waals surface area contributed by atoms with Gasteiger partial charge in [0.2, 0.25) is 0 Å². The van der Waals surface area contributed by atoms with Crippen LogP contribution in [0, 0.1) is 5.82 Å². The third-order valence-electron chi connectivity index (χ3n) is 2.05. The van der Waals surface area contributed by atoms with Crippen molar-refractivity contribution in [3.05, 3.63) is 30.0 Å². The molecule has 0 atom stereocenters. The predicted octanol–water partition coefficient (Wildman–Crippen LogP) is 0.760. The van der Waals surface area contributed by atoms with Crippen molar-refractivity contribution >= 4 is 5.65 Å². The van der Waals surface area contributed by atoms with E-state index in [1.54, 1.807) is 10.6 Å². The molecule has 0 aromatic carbocycles. The second kappa shape index (κ2) is 3.71. The minimum absolute atomic E-state index is 0.296. The first-order valence-electron chi connectivity index (χ1n) is 4.50. The van der Waals surface area contributed by atoms with Crippen LogP contribution in [0.15, 0.2) is 18.3 Å². The topological polar surface area (TPSA) is 56.2 Å². The summed E-state index contributed by atoms with van der Waals surface area (Å²) in [5.74, 6) is 0.528. The van der Waals surface area contributed by atoms with E-state index in [0.29, 0.717) is 12.2 Å². The van der Waals surface area contributed by atoms with E-state index in [2.05, 4.69) is 10.2 Å². The fraction of sp³-hybridized carbons (Fsp3) is 0.333. The number of rotatable bonds is 3. The smallest absolute Gasteiger partial charge is 0.163 e. The molecule has 2 aromatic rings. The first kappa shape index (κ1) is 9.08. The summed E-state index contributed by atoms with van der Waals surface area (Å²) in [6.07, 6.45) is 3.26. The molecule has 2 aromatic heterocycles. The molecular formula is C9H11FN4. The van der Waals surface area contributed by atoms with E-state index in [-0.39, 0.29) is 5.82 Å². The quantitative estimate of drug-likeness (QED) is 0.784. The van der Waals surface area contributed by atoms with Crippen LogP contribution in [0.3, 0.4) is 0 Å². The van der Waals surface area contributed by atoms with E-state index in [1.807, 2.05) is 0 Å². The second-order valence-electron chi connectivity index (χ2n) is 3.08. The minimum Gasteiger partial charge on any atom is -0.330 e. The maximum Gasteiger partial charge on any atom is 0.163 e.